The second-order valence-corrected chi connectivity index (χ2v) is 11.7. The molecule has 1 unspecified atom stereocenters. The van der Waals surface area contributed by atoms with Crippen LogP contribution in [0, 0.1) is 11.7 Å². The number of imide groups is 1. The number of nitrogens with one attached hydrogen (secondary N) is 2. The Hall–Kier alpha value is -4.74. The van der Waals surface area contributed by atoms with Gasteiger partial charge in [0, 0.05) is 30.9 Å². The van der Waals surface area contributed by atoms with Crippen LogP contribution in [0.5, 0.6) is 5.75 Å². The van der Waals surface area contributed by atoms with Crippen molar-refractivity contribution in [2.45, 2.75) is 50.4 Å². The van der Waals surface area contributed by atoms with E-state index in [0.29, 0.717) is 29.7 Å². The van der Waals surface area contributed by atoms with E-state index in [2.05, 4.69) is 15.7 Å². The molecule has 5 amide bonds. The molecule has 12 heteroatoms. The van der Waals surface area contributed by atoms with Crippen molar-refractivity contribution in [1.82, 2.24) is 30.2 Å². The molecule has 222 valence electrons. The second-order valence-electron chi connectivity index (χ2n) is 11.7. The third-order valence-electron chi connectivity index (χ3n) is 9.01. The Labute approximate surface area is 247 Å². The molecule has 2 aliphatic carbocycles. The molecule has 3 heterocycles. The van der Waals surface area contributed by atoms with Gasteiger partial charge in [-0.05, 0) is 66.5 Å². The van der Waals surface area contributed by atoms with E-state index in [1.807, 2.05) is 18.2 Å². The van der Waals surface area contributed by atoms with Crippen LogP contribution < -0.4 is 15.4 Å². The van der Waals surface area contributed by atoms with Crippen LogP contribution in [0.3, 0.4) is 0 Å². The molecular formula is C31H31FN6O5. The summed E-state index contributed by atoms with van der Waals surface area (Å²) in [5.41, 5.74) is 2.68. The predicted octanol–water partition coefficient (Wildman–Crippen LogP) is 2.33. The zero-order valence-electron chi connectivity index (χ0n) is 23.6. The summed E-state index contributed by atoms with van der Waals surface area (Å²) in [7, 11) is 1.57. The molecule has 11 nitrogen and oxygen atoms in total. The highest BCUT2D eigenvalue weighted by molar-refractivity contribution is 6.10. The largest absolute Gasteiger partial charge is 0.491 e. The summed E-state index contributed by atoms with van der Waals surface area (Å²) in [4.78, 5) is 55.2. The van der Waals surface area contributed by atoms with Crippen LogP contribution in [0.2, 0.25) is 0 Å². The standard InChI is InChI=1S/C31H31FN6O5/c1-33-27(39)15-36-13-22(12-34-36)19-4-6-24-20(10-19)8-9-31(24)29(41)38(30(42)35-31)16-28(40)37-14-21-11-23(32)5-7-26(21)43-17-25(37)18-2-3-18/h4-7,10-13,18,25H,2-3,8-9,14-17H2,1H3,(H,33,39)(H,35,42)/t25-,31?/m0/s1. The summed E-state index contributed by atoms with van der Waals surface area (Å²) in [5, 5.41) is 9.73. The minimum absolute atomic E-state index is 0.106. The number of carbonyl (C=O) groups excluding carboxylic acids is 4. The molecule has 0 bridgehead atoms. The molecule has 1 saturated heterocycles. The lowest BCUT2D eigenvalue weighted by molar-refractivity contribution is -0.141. The molecule has 0 radical (unpaired) electrons. The highest BCUT2D eigenvalue weighted by Gasteiger charge is 2.56. The molecule has 7 rings (SSSR count). The lowest BCUT2D eigenvalue weighted by atomic mass is 9.90. The van der Waals surface area contributed by atoms with E-state index in [0.717, 1.165) is 34.4 Å². The number of likely N-dealkylation sites (N-methyl/N-ethyl adjacent to an activating group) is 1. The highest BCUT2D eigenvalue weighted by Crippen LogP contribution is 2.43. The van der Waals surface area contributed by atoms with Gasteiger partial charge in [-0.25, -0.2) is 9.18 Å². The third-order valence-corrected chi connectivity index (χ3v) is 9.01. The summed E-state index contributed by atoms with van der Waals surface area (Å²) in [5.74, 6) is -0.593. The van der Waals surface area contributed by atoms with E-state index < -0.39 is 29.8 Å². The zero-order valence-corrected chi connectivity index (χ0v) is 23.6. The quantitative estimate of drug-likeness (QED) is 0.427. The van der Waals surface area contributed by atoms with E-state index in [1.54, 1.807) is 35.1 Å². The maximum atomic E-state index is 14.0. The molecule has 1 saturated carbocycles. The number of halogens is 1. The number of hydrogen-bond acceptors (Lipinski definition) is 6. The number of amides is 5. The van der Waals surface area contributed by atoms with Gasteiger partial charge in [-0.15, -0.1) is 0 Å². The first-order chi connectivity index (χ1) is 20.8. The van der Waals surface area contributed by atoms with Crippen LogP contribution in [0.15, 0.2) is 48.8 Å². The van der Waals surface area contributed by atoms with Gasteiger partial charge in [0.05, 0.1) is 12.2 Å². The molecule has 1 aromatic heterocycles. The summed E-state index contributed by atoms with van der Waals surface area (Å²) in [6.07, 6.45) is 6.34. The average Bonchev–Trinajstić information content (AvgIpc) is 3.61. The number of hydrogen-bond donors (Lipinski definition) is 2. The Morgan fingerprint density at radius 1 is 1.12 bits per heavy atom. The summed E-state index contributed by atoms with van der Waals surface area (Å²) < 4.78 is 21.5. The first-order valence-electron chi connectivity index (χ1n) is 14.5. The number of urea groups is 1. The fourth-order valence-corrected chi connectivity index (χ4v) is 6.55. The Kier molecular flexibility index (Phi) is 6.44. The number of fused-ring (bicyclic) bond motifs is 3. The lowest BCUT2D eigenvalue weighted by Crippen LogP contribution is -2.49. The zero-order chi connectivity index (χ0) is 29.9. The Morgan fingerprint density at radius 3 is 2.74 bits per heavy atom. The topological polar surface area (TPSA) is 126 Å². The molecule has 2 aromatic carbocycles. The Balaban J connectivity index is 1.11. The number of rotatable bonds is 6. The maximum absolute atomic E-state index is 14.0. The van der Waals surface area contributed by atoms with Gasteiger partial charge >= 0.3 is 6.03 Å². The van der Waals surface area contributed by atoms with Gasteiger partial charge in [-0.1, -0.05) is 18.2 Å². The SMILES string of the molecule is CNC(=O)Cn1cc(-c2ccc3c(c2)CCC32NC(=O)N(CC(=O)N3Cc4cc(F)ccc4OC[C@H]3C3CC3)C2=O)cn1. The third kappa shape index (κ3) is 4.70. The van der Waals surface area contributed by atoms with Gasteiger partial charge in [-0.2, -0.15) is 5.10 Å². The van der Waals surface area contributed by atoms with E-state index in [-0.39, 0.29) is 43.5 Å². The highest BCUT2D eigenvalue weighted by atomic mass is 19.1. The minimum atomic E-state index is -1.23. The maximum Gasteiger partial charge on any atom is 0.325 e. The van der Waals surface area contributed by atoms with Gasteiger partial charge in [0.1, 0.15) is 36.8 Å². The average molecular weight is 587 g/mol. The monoisotopic (exact) mass is 586 g/mol. The Morgan fingerprint density at radius 2 is 1.95 bits per heavy atom. The van der Waals surface area contributed by atoms with E-state index in [9.17, 15) is 23.6 Å². The first-order valence-corrected chi connectivity index (χ1v) is 14.5. The van der Waals surface area contributed by atoms with Crippen molar-refractivity contribution in [3.05, 3.63) is 71.3 Å². The number of ether oxygens (including phenoxy) is 1. The lowest BCUT2D eigenvalue weighted by Gasteiger charge is -2.30. The van der Waals surface area contributed by atoms with E-state index >= 15 is 0 Å². The van der Waals surface area contributed by atoms with E-state index in [4.69, 9.17) is 4.74 Å². The molecule has 1 spiro atoms. The first kappa shape index (κ1) is 27.1. The van der Waals surface area contributed by atoms with Gasteiger partial charge in [0.15, 0.2) is 0 Å². The van der Waals surface area contributed by atoms with Crippen LogP contribution >= 0.6 is 0 Å². The van der Waals surface area contributed by atoms with Crippen LogP contribution in [-0.2, 0) is 39.4 Å². The van der Waals surface area contributed by atoms with Gasteiger partial charge in [0.2, 0.25) is 11.8 Å². The summed E-state index contributed by atoms with van der Waals surface area (Å²) in [6, 6.07) is 9.14. The smallest absolute Gasteiger partial charge is 0.325 e. The summed E-state index contributed by atoms with van der Waals surface area (Å²) >= 11 is 0. The fraction of sp³-hybridized carbons (Fsp3) is 0.387. The number of benzene rings is 2. The second kappa shape index (κ2) is 10.2. The van der Waals surface area contributed by atoms with Crippen molar-refractivity contribution in [1.29, 1.82) is 0 Å². The molecule has 2 N–H and O–H groups in total. The number of carbonyl (C=O) groups is 4. The van der Waals surface area contributed by atoms with Crippen LogP contribution in [0.25, 0.3) is 11.1 Å². The van der Waals surface area contributed by atoms with Crippen LogP contribution in [0.1, 0.15) is 36.0 Å². The molecule has 4 aliphatic rings. The fourth-order valence-electron chi connectivity index (χ4n) is 6.55. The molecular weight excluding hydrogens is 555 g/mol. The molecule has 2 fully saturated rings. The van der Waals surface area contributed by atoms with Crippen molar-refractivity contribution in [3.63, 3.8) is 0 Å². The molecule has 3 aromatic rings. The minimum Gasteiger partial charge on any atom is -0.491 e. The van der Waals surface area contributed by atoms with Crippen molar-refractivity contribution < 1.29 is 28.3 Å². The van der Waals surface area contributed by atoms with Gasteiger partial charge < -0.3 is 20.3 Å². The Bertz CT molecular complexity index is 1670. The molecule has 2 aliphatic heterocycles. The van der Waals surface area contributed by atoms with Crippen molar-refractivity contribution in [2.75, 3.05) is 20.2 Å². The van der Waals surface area contributed by atoms with Gasteiger partial charge in [0.25, 0.3) is 5.91 Å². The van der Waals surface area contributed by atoms with Crippen molar-refractivity contribution >= 4 is 23.8 Å². The number of aryl methyl sites for hydroxylation is 1. The van der Waals surface area contributed by atoms with Crippen molar-refractivity contribution in [2.24, 2.45) is 5.92 Å². The normalized spacial score (nSPS) is 22.6. The van der Waals surface area contributed by atoms with Crippen LogP contribution in [0.4, 0.5) is 9.18 Å². The molecule has 43 heavy (non-hydrogen) atoms. The summed E-state index contributed by atoms with van der Waals surface area (Å²) in [6.45, 7) is 0.125. The van der Waals surface area contributed by atoms with Crippen LogP contribution in [-0.4, -0.2) is 69.6 Å². The number of aromatic nitrogens is 2. The molecule has 2 atom stereocenters. The van der Waals surface area contributed by atoms with Gasteiger partial charge in [-0.3, -0.25) is 24.0 Å². The van der Waals surface area contributed by atoms with E-state index in [1.165, 1.54) is 12.1 Å². The van der Waals surface area contributed by atoms with Crippen molar-refractivity contribution in [3.8, 4) is 16.9 Å². The predicted molar refractivity (Wildman–Crippen MR) is 151 cm³/mol. The number of nitrogens with zero attached hydrogens (tertiary/aromatic N) is 4.